The molecule has 90 valence electrons. The molecule has 0 bridgehead atoms. The van der Waals surface area contributed by atoms with Gasteiger partial charge < -0.3 is 10.3 Å². The predicted molar refractivity (Wildman–Crippen MR) is 75.0 cm³/mol. The molecular formula is C12H13BrN2OS. The molecule has 17 heavy (non-hydrogen) atoms. The van der Waals surface area contributed by atoms with E-state index in [1.807, 2.05) is 23.9 Å². The number of hydrogen-bond acceptors (Lipinski definition) is 4. The first kappa shape index (κ1) is 12.5. The quantitative estimate of drug-likeness (QED) is 0.863. The summed E-state index contributed by atoms with van der Waals surface area (Å²) in [4.78, 5) is 1.22. The third-order valence-electron chi connectivity index (χ3n) is 2.20. The van der Waals surface area contributed by atoms with Crippen LogP contribution in [0.1, 0.15) is 13.8 Å². The van der Waals surface area contributed by atoms with Crippen LogP contribution in [0.25, 0.3) is 11.1 Å². The first-order valence-electron chi connectivity index (χ1n) is 5.24. The molecule has 0 aliphatic carbocycles. The van der Waals surface area contributed by atoms with Crippen molar-refractivity contribution in [1.29, 1.82) is 0 Å². The Morgan fingerprint density at radius 2 is 2.18 bits per heavy atom. The zero-order chi connectivity index (χ0) is 12.4. The number of anilines is 1. The Morgan fingerprint density at radius 3 is 2.71 bits per heavy atom. The van der Waals surface area contributed by atoms with E-state index in [1.165, 1.54) is 4.90 Å². The predicted octanol–water partition coefficient (Wildman–Crippen LogP) is 4.19. The molecule has 2 rings (SSSR count). The van der Waals surface area contributed by atoms with Crippen molar-refractivity contribution in [2.75, 3.05) is 5.73 Å². The molecule has 0 atom stereocenters. The number of nitrogens with two attached hydrogens (primary N) is 1. The van der Waals surface area contributed by atoms with Crippen LogP contribution in [0.4, 0.5) is 5.88 Å². The summed E-state index contributed by atoms with van der Waals surface area (Å²) < 4.78 is 5.93. The monoisotopic (exact) mass is 312 g/mol. The summed E-state index contributed by atoms with van der Waals surface area (Å²) in [6, 6.07) is 6.14. The van der Waals surface area contributed by atoms with Crippen molar-refractivity contribution >= 4 is 33.6 Å². The molecule has 0 saturated carbocycles. The van der Waals surface area contributed by atoms with E-state index >= 15 is 0 Å². The Balaban J connectivity index is 2.34. The third-order valence-corrected chi connectivity index (χ3v) is 4.20. The highest BCUT2D eigenvalue weighted by atomic mass is 79.9. The molecule has 5 heteroatoms. The zero-order valence-electron chi connectivity index (χ0n) is 9.61. The van der Waals surface area contributed by atoms with Crippen molar-refractivity contribution in [3.63, 3.8) is 0 Å². The molecular weight excluding hydrogens is 300 g/mol. The fourth-order valence-corrected chi connectivity index (χ4v) is 2.97. The first-order valence-corrected chi connectivity index (χ1v) is 6.92. The van der Waals surface area contributed by atoms with Gasteiger partial charge in [0.25, 0.3) is 0 Å². The maximum absolute atomic E-state index is 5.69. The molecule has 0 aliphatic heterocycles. The van der Waals surface area contributed by atoms with Crippen molar-refractivity contribution in [2.45, 2.75) is 24.0 Å². The van der Waals surface area contributed by atoms with Gasteiger partial charge >= 0.3 is 0 Å². The standard InChI is InChI=1S/C12H13BrN2OS/c1-7(2)17-11-4-3-8(5-10(11)13)9-6-15-16-12(9)14/h3-7H,14H2,1-2H3. The Labute approximate surface area is 113 Å². The number of nitrogens with zero attached hydrogens (tertiary/aromatic N) is 1. The molecule has 2 aromatic rings. The topological polar surface area (TPSA) is 52.0 Å². The first-order chi connectivity index (χ1) is 8.08. The zero-order valence-corrected chi connectivity index (χ0v) is 12.0. The molecule has 0 aliphatic rings. The van der Waals surface area contributed by atoms with Gasteiger partial charge in [0.2, 0.25) is 5.88 Å². The molecule has 0 spiro atoms. The van der Waals surface area contributed by atoms with Gasteiger partial charge in [-0.15, -0.1) is 11.8 Å². The van der Waals surface area contributed by atoms with Crippen LogP contribution < -0.4 is 5.73 Å². The maximum atomic E-state index is 5.69. The van der Waals surface area contributed by atoms with Crippen LogP contribution in [0, 0.1) is 0 Å². The minimum atomic E-state index is 0.348. The fraction of sp³-hybridized carbons (Fsp3) is 0.250. The number of benzene rings is 1. The van der Waals surface area contributed by atoms with E-state index in [0.717, 1.165) is 15.6 Å². The lowest BCUT2D eigenvalue weighted by molar-refractivity contribution is 0.436. The van der Waals surface area contributed by atoms with Crippen molar-refractivity contribution < 1.29 is 4.52 Å². The largest absolute Gasteiger partial charge is 0.367 e. The summed E-state index contributed by atoms with van der Waals surface area (Å²) >= 11 is 5.39. The summed E-state index contributed by atoms with van der Waals surface area (Å²) in [6.07, 6.45) is 1.63. The van der Waals surface area contributed by atoms with Gasteiger partial charge in [0.15, 0.2) is 0 Å². The summed E-state index contributed by atoms with van der Waals surface area (Å²) in [7, 11) is 0. The number of halogens is 1. The fourth-order valence-electron chi connectivity index (χ4n) is 1.48. The molecule has 1 aromatic carbocycles. The molecule has 0 amide bonds. The van der Waals surface area contributed by atoms with Gasteiger partial charge in [-0.25, -0.2) is 0 Å². The molecule has 3 nitrogen and oxygen atoms in total. The second kappa shape index (κ2) is 5.14. The lowest BCUT2D eigenvalue weighted by Gasteiger charge is -2.08. The lowest BCUT2D eigenvalue weighted by atomic mass is 10.1. The van der Waals surface area contributed by atoms with Crippen LogP contribution >= 0.6 is 27.7 Å². The number of hydrogen-bond donors (Lipinski definition) is 1. The van der Waals surface area contributed by atoms with E-state index < -0.39 is 0 Å². The maximum Gasteiger partial charge on any atom is 0.229 e. The Bertz CT molecular complexity index is 525. The Morgan fingerprint density at radius 1 is 1.41 bits per heavy atom. The van der Waals surface area contributed by atoms with Gasteiger partial charge in [0, 0.05) is 14.6 Å². The van der Waals surface area contributed by atoms with Crippen molar-refractivity contribution in [3.8, 4) is 11.1 Å². The van der Waals surface area contributed by atoms with E-state index in [1.54, 1.807) is 6.20 Å². The average molecular weight is 313 g/mol. The van der Waals surface area contributed by atoms with Gasteiger partial charge in [-0.05, 0) is 33.6 Å². The van der Waals surface area contributed by atoms with Crippen molar-refractivity contribution in [1.82, 2.24) is 5.16 Å². The summed E-state index contributed by atoms with van der Waals surface area (Å²) in [6.45, 7) is 4.34. The Hall–Kier alpha value is -0.940. The highest BCUT2D eigenvalue weighted by Gasteiger charge is 2.10. The smallest absolute Gasteiger partial charge is 0.229 e. The van der Waals surface area contributed by atoms with Crippen molar-refractivity contribution in [2.24, 2.45) is 0 Å². The summed E-state index contributed by atoms with van der Waals surface area (Å²) in [5.41, 5.74) is 7.52. The molecule has 2 N–H and O–H groups in total. The van der Waals surface area contributed by atoms with Crippen LogP contribution in [0.3, 0.4) is 0 Å². The highest BCUT2D eigenvalue weighted by molar-refractivity contribution is 9.10. The van der Waals surface area contributed by atoms with Gasteiger partial charge in [-0.3, -0.25) is 0 Å². The second-order valence-electron chi connectivity index (χ2n) is 3.92. The lowest BCUT2D eigenvalue weighted by Crippen LogP contribution is -1.88. The Kier molecular flexibility index (Phi) is 3.79. The van der Waals surface area contributed by atoms with Gasteiger partial charge in [-0.1, -0.05) is 25.1 Å². The number of aromatic nitrogens is 1. The van der Waals surface area contributed by atoms with Gasteiger partial charge in [0.1, 0.15) is 0 Å². The van der Waals surface area contributed by atoms with E-state index in [9.17, 15) is 0 Å². The van der Waals surface area contributed by atoms with E-state index in [-0.39, 0.29) is 0 Å². The second-order valence-corrected chi connectivity index (χ2v) is 6.39. The average Bonchev–Trinajstić information content (AvgIpc) is 2.67. The SMILES string of the molecule is CC(C)Sc1ccc(-c2cnoc2N)cc1Br. The van der Waals surface area contributed by atoms with E-state index in [4.69, 9.17) is 10.3 Å². The molecule has 1 aromatic heterocycles. The van der Waals surface area contributed by atoms with Gasteiger partial charge in [0.05, 0.1) is 11.8 Å². The van der Waals surface area contributed by atoms with Crippen LogP contribution in [-0.4, -0.2) is 10.4 Å². The van der Waals surface area contributed by atoms with Crippen LogP contribution in [0.2, 0.25) is 0 Å². The van der Waals surface area contributed by atoms with E-state index in [2.05, 4.69) is 41.0 Å². The minimum Gasteiger partial charge on any atom is -0.367 e. The van der Waals surface area contributed by atoms with Crippen molar-refractivity contribution in [3.05, 3.63) is 28.9 Å². The number of thioether (sulfide) groups is 1. The van der Waals surface area contributed by atoms with Gasteiger partial charge in [-0.2, -0.15) is 0 Å². The third kappa shape index (κ3) is 2.84. The van der Waals surface area contributed by atoms with Crippen LogP contribution in [0.5, 0.6) is 0 Å². The normalized spacial score (nSPS) is 11.1. The number of nitrogen functional groups attached to an aromatic ring is 1. The highest BCUT2D eigenvalue weighted by Crippen LogP contribution is 2.35. The number of rotatable bonds is 3. The minimum absolute atomic E-state index is 0.348. The summed E-state index contributed by atoms with van der Waals surface area (Å²) in [5, 5.41) is 4.23. The molecule has 0 unspecified atom stereocenters. The van der Waals surface area contributed by atoms with E-state index in [0.29, 0.717) is 11.1 Å². The molecule has 0 radical (unpaired) electrons. The molecule has 1 heterocycles. The van der Waals surface area contributed by atoms with Crippen LogP contribution in [-0.2, 0) is 0 Å². The van der Waals surface area contributed by atoms with Crippen LogP contribution in [0.15, 0.2) is 38.3 Å². The summed E-state index contributed by atoms with van der Waals surface area (Å²) in [5.74, 6) is 0.348. The molecule has 0 saturated heterocycles. The molecule has 0 fully saturated rings.